The number of fused-ring (bicyclic) bond motifs is 5. The van der Waals surface area contributed by atoms with E-state index < -0.39 is 89.2 Å². The van der Waals surface area contributed by atoms with Gasteiger partial charge < -0.3 is 44.5 Å². The number of aromatic hydroxyl groups is 1. The molecular formula is C43H51N3O11. The SMILES string of the molecule is CO[C@H]1/C=C/O[C@@]2(C)Oc3c(C)c(O)c4c(c3C2=O)C2=C(/C(=N/C(=O)/C(C)=C\C=C\[C@H](C)[C@H](O)[C@@H](C)[C@@H](O)[C@@H](C)[C@H](OC(C)=O)[C@@H]1C)C4=O)N1C=CC(C)=CC1N2. The van der Waals surface area contributed by atoms with Gasteiger partial charge in [0.05, 0.1) is 47.1 Å². The number of Topliss-reactive ketones (excluding diaryl/α,β-unsaturated/α-hetero) is 2. The van der Waals surface area contributed by atoms with Crippen molar-refractivity contribution in [2.24, 2.45) is 28.7 Å². The molecule has 1 aliphatic carbocycles. The Kier molecular flexibility index (Phi) is 11.3. The van der Waals surface area contributed by atoms with Crippen LogP contribution in [0.2, 0.25) is 0 Å². The molecule has 1 aromatic carbocycles. The maximum Gasteiger partial charge on any atom is 0.312 e. The number of carbonyl (C=O) groups is 4. The molecule has 0 saturated heterocycles. The van der Waals surface area contributed by atoms with Crippen LogP contribution in [-0.4, -0.2) is 92.9 Å². The number of benzene rings is 1. The summed E-state index contributed by atoms with van der Waals surface area (Å²) in [4.78, 5) is 61.3. The minimum Gasteiger partial charge on any atom is -0.507 e. The predicted molar refractivity (Wildman–Crippen MR) is 210 cm³/mol. The molecule has 4 aliphatic heterocycles. The molecule has 57 heavy (non-hydrogen) atoms. The molecule has 0 spiro atoms. The normalized spacial score (nSPS) is 35.8. The smallest absolute Gasteiger partial charge is 0.312 e. The Balaban J connectivity index is 1.53. The molecule has 5 bridgehead atoms. The Bertz CT molecular complexity index is 2130. The highest BCUT2D eigenvalue weighted by atomic mass is 16.7. The van der Waals surface area contributed by atoms with Crippen LogP contribution < -0.4 is 10.1 Å². The number of hydrogen-bond donors (Lipinski definition) is 4. The number of esters is 1. The van der Waals surface area contributed by atoms with Crippen molar-refractivity contribution in [3.05, 3.63) is 88.0 Å². The van der Waals surface area contributed by atoms with E-state index in [9.17, 15) is 34.5 Å². The van der Waals surface area contributed by atoms with Gasteiger partial charge >= 0.3 is 11.8 Å². The maximum absolute atomic E-state index is 14.6. The van der Waals surface area contributed by atoms with Gasteiger partial charge in [-0.25, -0.2) is 4.99 Å². The fourth-order valence-corrected chi connectivity index (χ4v) is 8.20. The van der Waals surface area contributed by atoms with Gasteiger partial charge in [0.25, 0.3) is 11.7 Å². The maximum atomic E-state index is 14.6. The van der Waals surface area contributed by atoms with Crippen molar-refractivity contribution < 1.29 is 53.4 Å². The van der Waals surface area contributed by atoms with Gasteiger partial charge in [-0.2, -0.15) is 0 Å². The lowest BCUT2D eigenvalue weighted by atomic mass is 9.78. The zero-order valence-electron chi connectivity index (χ0n) is 33.8. The molecule has 10 atom stereocenters. The summed E-state index contributed by atoms with van der Waals surface area (Å²) in [6, 6.07) is 0. The number of ether oxygens (including phenoxy) is 4. The summed E-state index contributed by atoms with van der Waals surface area (Å²) >= 11 is 0. The minimum absolute atomic E-state index is 0.00921. The van der Waals surface area contributed by atoms with Crippen molar-refractivity contribution >= 4 is 34.9 Å². The Labute approximate surface area is 331 Å². The zero-order chi connectivity index (χ0) is 41.8. The van der Waals surface area contributed by atoms with E-state index in [0.717, 1.165) is 5.57 Å². The van der Waals surface area contributed by atoms with Crippen LogP contribution in [0.3, 0.4) is 0 Å². The number of nitrogens with one attached hydrogen (secondary N) is 1. The van der Waals surface area contributed by atoms with Crippen LogP contribution >= 0.6 is 0 Å². The van der Waals surface area contributed by atoms with Crippen molar-refractivity contribution in [1.29, 1.82) is 0 Å². The molecule has 14 heteroatoms. The molecular weight excluding hydrogens is 734 g/mol. The molecule has 4 N–H and O–H groups in total. The lowest BCUT2D eigenvalue weighted by Gasteiger charge is -2.38. The Morgan fingerprint density at radius 1 is 0.982 bits per heavy atom. The number of aliphatic hydroxyl groups excluding tert-OH is 2. The summed E-state index contributed by atoms with van der Waals surface area (Å²) in [7, 11) is 1.46. The number of hydrogen-bond acceptors (Lipinski definition) is 13. The van der Waals surface area contributed by atoms with E-state index >= 15 is 0 Å². The number of ketones is 2. The van der Waals surface area contributed by atoms with Crippen LogP contribution in [0.1, 0.15) is 87.2 Å². The predicted octanol–water partition coefficient (Wildman–Crippen LogP) is 4.79. The summed E-state index contributed by atoms with van der Waals surface area (Å²) in [5.74, 6) is -7.48. The van der Waals surface area contributed by atoms with E-state index in [2.05, 4.69) is 10.3 Å². The molecule has 1 aromatic rings. The monoisotopic (exact) mass is 785 g/mol. The summed E-state index contributed by atoms with van der Waals surface area (Å²) in [6.45, 7) is 14.6. The lowest BCUT2D eigenvalue weighted by molar-refractivity contribution is -0.160. The second-order valence-electron chi connectivity index (χ2n) is 15.7. The van der Waals surface area contributed by atoms with Gasteiger partial charge in [0.15, 0.2) is 0 Å². The Morgan fingerprint density at radius 2 is 1.68 bits per heavy atom. The minimum atomic E-state index is -1.97. The Morgan fingerprint density at radius 3 is 2.35 bits per heavy atom. The number of nitrogens with zero attached hydrogens (tertiary/aromatic N) is 2. The molecule has 1 amide bonds. The van der Waals surface area contributed by atoms with Crippen LogP contribution in [-0.2, 0) is 23.8 Å². The number of aliphatic hydroxyl groups is 2. The average molecular weight is 786 g/mol. The molecule has 5 aliphatic rings. The van der Waals surface area contributed by atoms with Crippen molar-refractivity contribution in [2.75, 3.05) is 7.11 Å². The number of rotatable bonds is 2. The van der Waals surface area contributed by atoms with Gasteiger partial charge in [-0.15, -0.1) is 0 Å². The quantitative estimate of drug-likeness (QED) is 0.300. The molecule has 0 fully saturated rings. The first kappa shape index (κ1) is 41.3. The molecule has 304 valence electrons. The van der Waals surface area contributed by atoms with E-state index in [0.29, 0.717) is 5.70 Å². The number of phenols is 1. The average Bonchev–Trinajstić information content (AvgIpc) is 3.67. The largest absolute Gasteiger partial charge is 0.507 e. The van der Waals surface area contributed by atoms with Crippen LogP contribution in [0.15, 0.2) is 70.8 Å². The van der Waals surface area contributed by atoms with Crippen LogP contribution in [0.5, 0.6) is 11.5 Å². The van der Waals surface area contributed by atoms with Gasteiger partial charge in [-0.1, -0.05) is 45.9 Å². The van der Waals surface area contributed by atoms with Crippen molar-refractivity contribution in [3.63, 3.8) is 0 Å². The lowest BCUT2D eigenvalue weighted by Crippen LogP contribution is -2.46. The van der Waals surface area contributed by atoms with Gasteiger partial charge in [0, 0.05) is 67.5 Å². The molecule has 0 saturated carbocycles. The van der Waals surface area contributed by atoms with Gasteiger partial charge in [0.2, 0.25) is 5.78 Å². The highest BCUT2D eigenvalue weighted by Crippen LogP contribution is 2.51. The summed E-state index contributed by atoms with van der Waals surface area (Å²) < 4.78 is 23.8. The second kappa shape index (κ2) is 15.6. The third kappa shape index (κ3) is 7.14. The third-order valence-electron chi connectivity index (χ3n) is 11.7. The molecule has 1 unspecified atom stereocenters. The fraction of sp³-hybridized carbons (Fsp3) is 0.465. The first-order chi connectivity index (χ1) is 26.8. The van der Waals surface area contributed by atoms with Crippen molar-refractivity contribution in [2.45, 2.75) is 98.7 Å². The highest BCUT2D eigenvalue weighted by Gasteiger charge is 2.54. The molecule has 4 heterocycles. The van der Waals surface area contributed by atoms with E-state index in [1.165, 1.54) is 46.3 Å². The van der Waals surface area contributed by atoms with Gasteiger partial charge in [-0.3, -0.25) is 19.2 Å². The first-order valence-electron chi connectivity index (χ1n) is 19.1. The van der Waals surface area contributed by atoms with E-state index in [-0.39, 0.29) is 45.0 Å². The van der Waals surface area contributed by atoms with Gasteiger partial charge in [-0.05, 0) is 44.6 Å². The summed E-state index contributed by atoms with van der Waals surface area (Å²) in [5.41, 5.74) is 1.43. The number of allylic oxidation sites excluding steroid dienone is 5. The second-order valence-corrected chi connectivity index (χ2v) is 15.7. The number of methoxy groups -OCH3 is 1. The number of carbonyl (C=O) groups excluding carboxylic acids is 4. The highest BCUT2D eigenvalue weighted by molar-refractivity contribution is 6.56. The van der Waals surface area contributed by atoms with E-state index in [4.69, 9.17) is 18.9 Å². The summed E-state index contributed by atoms with van der Waals surface area (Å²) in [6.07, 6.45) is 8.76. The van der Waals surface area contributed by atoms with Crippen LogP contribution in [0.4, 0.5) is 0 Å². The van der Waals surface area contributed by atoms with Crippen LogP contribution in [0, 0.1) is 30.6 Å². The topological polar surface area (TPSA) is 194 Å². The van der Waals surface area contributed by atoms with Crippen molar-refractivity contribution in [3.8, 4) is 11.5 Å². The number of aliphatic imine (C=N–C) groups is 1. The standard InChI is InChI=1S/C43H51N3O11/c1-19-14-16-46-28(18-19)44-32-29-30-37(50)25(7)40-31(29)41(52)43(9,57-40)55-17-15-27(54-10)22(4)39(56-26(8)47)24(6)36(49)23(5)35(48)20(2)12-11-13-21(3)42(53)45-33(34(32)46)38(30)51/h11-18,20,22-24,27-28,35-36,39,44,48-50H,1-10H3/b12-11+,17-15+,21-13-,45-33-/t20-,22+,23+,24+,27-,28?,35-,36+,39+,43-/m0/s1. The Hall–Kier alpha value is -5.31. The molecule has 6 rings (SSSR count). The number of phenolic OH excluding ortho intramolecular Hbond substituents is 1. The molecule has 14 nitrogen and oxygen atoms in total. The third-order valence-corrected chi connectivity index (χ3v) is 11.7. The fourth-order valence-electron chi connectivity index (χ4n) is 8.20. The van der Waals surface area contributed by atoms with E-state index in [1.54, 1.807) is 57.9 Å². The summed E-state index contributed by atoms with van der Waals surface area (Å²) in [5, 5.41) is 37.9. The van der Waals surface area contributed by atoms with Gasteiger partial charge in [0.1, 0.15) is 29.5 Å². The molecule has 0 aromatic heterocycles. The van der Waals surface area contributed by atoms with Crippen LogP contribution in [0.25, 0.3) is 5.70 Å². The zero-order valence-corrected chi connectivity index (χ0v) is 33.8. The number of amides is 1. The van der Waals surface area contributed by atoms with E-state index in [1.807, 2.05) is 19.1 Å². The first-order valence-corrected chi connectivity index (χ1v) is 19.1. The molecule has 0 radical (unpaired) electrons. The van der Waals surface area contributed by atoms with Crippen molar-refractivity contribution in [1.82, 2.24) is 10.2 Å².